The van der Waals surface area contributed by atoms with E-state index in [1.165, 1.54) is 21.9 Å². The quantitative estimate of drug-likeness (QED) is 0.809. The molecule has 7 nitrogen and oxygen atoms in total. The van der Waals surface area contributed by atoms with Gasteiger partial charge in [0.05, 0.1) is 0 Å². The molecule has 2 aromatic rings. The molecule has 0 spiro atoms. The van der Waals surface area contributed by atoms with Crippen LogP contribution in [0.15, 0.2) is 10.9 Å². The van der Waals surface area contributed by atoms with Crippen molar-refractivity contribution in [3.63, 3.8) is 0 Å². The van der Waals surface area contributed by atoms with Crippen molar-refractivity contribution in [2.24, 2.45) is 5.92 Å². The van der Waals surface area contributed by atoms with E-state index in [1.54, 1.807) is 0 Å². The summed E-state index contributed by atoms with van der Waals surface area (Å²) < 4.78 is 1.21. The molecule has 1 atom stereocenters. The second-order valence-electron chi connectivity index (χ2n) is 5.60. The van der Waals surface area contributed by atoms with Crippen LogP contribution in [0.1, 0.15) is 39.3 Å². The lowest BCUT2D eigenvalue weighted by Gasteiger charge is -2.14. The normalized spacial score (nSPS) is 12.7. The number of rotatable bonds is 7. The average Bonchev–Trinajstić information content (AvgIpc) is 2.81. The van der Waals surface area contributed by atoms with E-state index in [2.05, 4.69) is 15.4 Å². The van der Waals surface area contributed by atoms with Gasteiger partial charge in [-0.25, -0.2) is 9.78 Å². The second kappa shape index (κ2) is 6.87. The molecule has 0 unspecified atom stereocenters. The van der Waals surface area contributed by atoms with Crippen molar-refractivity contribution in [1.29, 1.82) is 0 Å². The van der Waals surface area contributed by atoms with Crippen LogP contribution < -0.4 is 10.9 Å². The monoisotopic (exact) mass is 324 g/mol. The molecule has 0 saturated carbocycles. The number of aryl methyl sites for hydroxylation is 1. The molecule has 2 rings (SSSR count). The lowest BCUT2D eigenvalue weighted by molar-refractivity contribution is -0.138. The van der Waals surface area contributed by atoms with Crippen molar-refractivity contribution >= 4 is 27.4 Å². The Morgan fingerprint density at radius 2 is 2.23 bits per heavy atom. The number of nitrogens with zero attached hydrogens (tertiary/aromatic N) is 3. The van der Waals surface area contributed by atoms with Gasteiger partial charge in [-0.05, 0) is 18.8 Å². The number of carbonyl (C=O) groups is 1. The van der Waals surface area contributed by atoms with E-state index in [-0.39, 0.29) is 11.5 Å². The first-order valence-electron chi connectivity index (χ1n) is 7.29. The van der Waals surface area contributed by atoms with E-state index in [0.29, 0.717) is 16.5 Å². The number of carboxylic acid groups (broad SMARTS) is 1. The van der Waals surface area contributed by atoms with Gasteiger partial charge in [-0.2, -0.15) is 4.52 Å². The summed E-state index contributed by atoms with van der Waals surface area (Å²) in [6.07, 6.45) is 2.12. The third kappa shape index (κ3) is 3.82. The predicted molar refractivity (Wildman–Crippen MR) is 85.6 cm³/mol. The summed E-state index contributed by atoms with van der Waals surface area (Å²) in [7, 11) is 0. The molecule has 2 aromatic heterocycles. The molecule has 0 amide bonds. The zero-order chi connectivity index (χ0) is 16.3. The average molecular weight is 324 g/mol. The van der Waals surface area contributed by atoms with Gasteiger partial charge in [-0.1, -0.05) is 38.5 Å². The highest BCUT2D eigenvalue weighted by Gasteiger charge is 2.20. The van der Waals surface area contributed by atoms with Crippen LogP contribution in [0.3, 0.4) is 0 Å². The summed E-state index contributed by atoms with van der Waals surface area (Å²) in [6.45, 7) is 5.94. The molecule has 0 radical (unpaired) electrons. The number of aliphatic carboxylic acids is 1. The van der Waals surface area contributed by atoms with Crippen LogP contribution in [-0.2, 0) is 11.2 Å². The maximum atomic E-state index is 12.0. The smallest absolute Gasteiger partial charge is 0.326 e. The van der Waals surface area contributed by atoms with Crippen LogP contribution in [0.25, 0.3) is 4.96 Å². The van der Waals surface area contributed by atoms with Gasteiger partial charge in [0.25, 0.3) is 5.56 Å². The molecule has 120 valence electrons. The Morgan fingerprint density at radius 3 is 2.82 bits per heavy atom. The fourth-order valence-corrected chi connectivity index (χ4v) is 3.02. The van der Waals surface area contributed by atoms with Gasteiger partial charge >= 0.3 is 5.97 Å². The molecule has 0 fully saturated rings. The molecule has 2 N–H and O–H groups in total. The highest BCUT2D eigenvalue weighted by Crippen LogP contribution is 2.19. The second-order valence-corrected chi connectivity index (χ2v) is 6.56. The van der Waals surface area contributed by atoms with Crippen molar-refractivity contribution in [1.82, 2.24) is 14.6 Å². The van der Waals surface area contributed by atoms with E-state index >= 15 is 0 Å². The van der Waals surface area contributed by atoms with Gasteiger partial charge < -0.3 is 10.4 Å². The number of fused-ring (bicyclic) bond motifs is 1. The van der Waals surface area contributed by atoms with Crippen LogP contribution in [0.4, 0.5) is 5.13 Å². The summed E-state index contributed by atoms with van der Waals surface area (Å²) in [4.78, 5) is 28.2. The third-order valence-corrected chi connectivity index (χ3v) is 3.95. The Kier molecular flexibility index (Phi) is 5.12. The van der Waals surface area contributed by atoms with E-state index < -0.39 is 12.0 Å². The fourth-order valence-electron chi connectivity index (χ4n) is 2.14. The summed E-state index contributed by atoms with van der Waals surface area (Å²) in [5.74, 6) is -0.695. The van der Waals surface area contributed by atoms with Gasteiger partial charge in [0.2, 0.25) is 10.1 Å². The molecule has 2 heterocycles. The van der Waals surface area contributed by atoms with E-state index in [9.17, 15) is 14.7 Å². The SMILES string of the molecule is CCCc1cc(=O)n2nc(N[C@H](CC(C)C)C(=O)O)sc2n1. The van der Waals surface area contributed by atoms with Crippen LogP contribution in [0.2, 0.25) is 0 Å². The Hall–Kier alpha value is -1.96. The van der Waals surface area contributed by atoms with Gasteiger partial charge in [0.1, 0.15) is 6.04 Å². The molecule has 22 heavy (non-hydrogen) atoms. The molecular weight excluding hydrogens is 304 g/mol. The van der Waals surface area contributed by atoms with Crippen molar-refractivity contribution in [3.05, 3.63) is 22.1 Å². The lowest BCUT2D eigenvalue weighted by atomic mass is 10.0. The number of carboxylic acids is 1. The Balaban J connectivity index is 2.30. The molecule has 0 aliphatic carbocycles. The highest BCUT2D eigenvalue weighted by atomic mass is 32.1. The van der Waals surface area contributed by atoms with Crippen LogP contribution in [0.5, 0.6) is 0 Å². The highest BCUT2D eigenvalue weighted by molar-refractivity contribution is 7.20. The van der Waals surface area contributed by atoms with E-state index in [4.69, 9.17) is 0 Å². The van der Waals surface area contributed by atoms with Gasteiger partial charge in [0, 0.05) is 11.8 Å². The molecule has 0 bridgehead atoms. The first kappa shape index (κ1) is 16.4. The molecule has 0 aliphatic rings. The maximum Gasteiger partial charge on any atom is 0.326 e. The molecule has 0 aromatic carbocycles. The fraction of sp³-hybridized carbons (Fsp3) is 0.571. The predicted octanol–water partition coefficient (Wildman–Crippen LogP) is 2.01. The van der Waals surface area contributed by atoms with Crippen molar-refractivity contribution in [2.75, 3.05) is 5.32 Å². The first-order valence-corrected chi connectivity index (χ1v) is 8.11. The zero-order valence-electron chi connectivity index (χ0n) is 12.9. The minimum Gasteiger partial charge on any atom is -0.480 e. The number of hydrogen-bond donors (Lipinski definition) is 2. The van der Waals surface area contributed by atoms with Crippen LogP contribution >= 0.6 is 11.3 Å². The van der Waals surface area contributed by atoms with Gasteiger partial charge in [0.15, 0.2) is 0 Å². The Morgan fingerprint density at radius 1 is 1.50 bits per heavy atom. The molecule has 0 saturated heterocycles. The Labute approximate surface area is 132 Å². The zero-order valence-corrected chi connectivity index (χ0v) is 13.7. The third-order valence-electron chi connectivity index (χ3n) is 3.11. The van der Waals surface area contributed by atoms with Gasteiger partial charge in [-0.3, -0.25) is 4.79 Å². The van der Waals surface area contributed by atoms with Crippen molar-refractivity contribution < 1.29 is 9.90 Å². The number of nitrogens with one attached hydrogen (secondary N) is 1. The molecule has 0 aliphatic heterocycles. The summed E-state index contributed by atoms with van der Waals surface area (Å²) in [5, 5.41) is 16.7. The lowest BCUT2D eigenvalue weighted by Crippen LogP contribution is -2.30. The van der Waals surface area contributed by atoms with Crippen LogP contribution in [0, 0.1) is 5.92 Å². The van der Waals surface area contributed by atoms with Crippen molar-refractivity contribution in [3.8, 4) is 0 Å². The Bertz CT molecular complexity index is 722. The number of anilines is 1. The van der Waals surface area contributed by atoms with Crippen LogP contribution in [-0.4, -0.2) is 31.7 Å². The maximum absolute atomic E-state index is 12.0. The van der Waals surface area contributed by atoms with Gasteiger partial charge in [-0.15, -0.1) is 5.10 Å². The number of hydrogen-bond acceptors (Lipinski definition) is 6. The first-order chi connectivity index (χ1) is 10.4. The summed E-state index contributed by atoms with van der Waals surface area (Å²) >= 11 is 1.19. The summed E-state index contributed by atoms with van der Waals surface area (Å²) in [6, 6.07) is 0.745. The van der Waals surface area contributed by atoms with E-state index in [1.807, 2.05) is 20.8 Å². The topological polar surface area (TPSA) is 96.6 Å². The standard InChI is InChI=1S/C14H20N4O3S/c1-4-5-9-7-11(19)18-14(15-9)22-13(17-18)16-10(12(20)21)6-8(2)3/h7-8,10H,4-6H2,1-3H3,(H,16,17)(H,20,21)/t10-/m1/s1. The van der Waals surface area contributed by atoms with Crippen molar-refractivity contribution in [2.45, 2.75) is 46.1 Å². The minimum absolute atomic E-state index is 0.236. The minimum atomic E-state index is -0.931. The number of aromatic nitrogens is 3. The molecular formula is C14H20N4O3S. The van der Waals surface area contributed by atoms with E-state index in [0.717, 1.165) is 18.5 Å². The summed E-state index contributed by atoms with van der Waals surface area (Å²) in [5.41, 5.74) is 0.494. The molecule has 8 heteroatoms. The largest absolute Gasteiger partial charge is 0.480 e.